The minimum atomic E-state index is 0.845. The summed E-state index contributed by atoms with van der Waals surface area (Å²) < 4.78 is 9.84. The van der Waals surface area contributed by atoms with E-state index in [1.54, 1.807) is 0 Å². The summed E-state index contributed by atoms with van der Waals surface area (Å²) in [5.74, 6) is 1.72. The molecule has 12 rings (SSSR count). The zero-order valence-electron chi connectivity index (χ0n) is 29.4. The molecule has 258 valence electrons. The van der Waals surface area contributed by atoms with Crippen LogP contribution in [0.2, 0.25) is 0 Å². The van der Waals surface area contributed by atoms with Gasteiger partial charge in [0.1, 0.15) is 5.75 Å². The molecule has 0 unspecified atom stereocenters. The summed E-state index contributed by atoms with van der Waals surface area (Å²) >= 11 is 3.67. The van der Waals surface area contributed by atoms with Gasteiger partial charge in [0, 0.05) is 48.2 Å². The molecule has 1 aromatic heterocycles. The van der Waals surface area contributed by atoms with Gasteiger partial charge in [-0.3, -0.25) is 0 Å². The number of rotatable bonds is 4. The number of ether oxygens (including phenoxy) is 1. The fourth-order valence-electron chi connectivity index (χ4n) is 8.59. The lowest BCUT2D eigenvalue weighted by Crippen LogP contribution is -2.15. The number of thiophene rings is 1. The Morgan fingerprint density at radius 1 is 0.491 bits per heavy atom. The summed E-state index contributed by atoms with van der Waals surface area (Å²) in [5.41, 5.74) is 8.87. The standard InChI is InChI=1S/C50H30N2OS2/c1-3-14-33(15-4-1)51(35-24-25-38-37-19-9-10-21-44(37)54-45(38)30-35)41-27-28-42-49-48(41)53-43-29-23-32-13-11-20-39(46(32)50(43)55-49)47-36-18-8-7-12-31(36)22-26-40(47)52(42)34-16-5-2-6-17-34/h1-30H. The van der Waals surface area contributed by atoms with Crippen molar-refractivity contribution in [1.29, 1.82) is 0 Å². The van der Waals surface area contributed by atoms with E-state index in [2.05, 4.69) is 192 Å². The van der Waals surface area contributed by atoms with Gasteiger partial charge in [-0.15, -0.1) is 11.3 Å². The molecular formula is C50H30N2OS2. The fraction of sp³-hybridized carbons (Fsp3) is 0. The van der Waals surface area contributed by atoms with E-state index in [9.17, 15) is 0 Å². The second kappa shape index (κ2) is 12.0. The number of hydrogen-bond acceptors (Lipinski definition) is 5. The van der Waals surface area contributed by atoms with Crippen molar-refractivity contribution in [2.75, 3.05) is 9.80 Å². The maximum atomic E-state index is 7.29. The van der Waals surface area contributed by atoms with E-state index in [0.717, 1.165) is 55.4 Å². The number of para-hydroxylation sites is 2. The summed E-state index contributed by atoms with van der Waals surface area (Å²) in [7, 11) is 0. The maximum Gasteiger partial charge on any atom is 0.167 e. The third kappa shape index (κ3) is 4.64. The van der Waals surface area contributed by atoms with Gasteiger partial charge in [0.15, 0.2) is 5.75 Å². The minimum absolute atomic E-state index is 0.845. The lowest BCUT2D eigenvalue weighted by atomic mass is 9.91. The Bertz CT molecular complexity index is 3170. The molecule has 55 heavy (non-hydrogen) atoms. The first-order valence-corrected chi connectivity index (χ1v) is 20.1. The highest BCUT2D eigenvalue weighted by Gasteiger charge is 2.34. The smallest absolute Gasteiger partial charge is 0.167 e. The molecule has 3 heterocycles. The summed E-state index contributed by atoms with van der Waals surface area (Å²) in [4.78, 5) is 7.03. The van der Waals surface area contributed by atoms with Crippen LogP contribution in [0.15, 0.2) is 192 Å². The molecule has 2 aliphatic rings. The Kier molecular flexibility index (Phi) is 6.73. The van der Waals surface area contributed by atoms with Crippen LogP contribution >= 0.6 is 23.1 Å². The number of hydrogen-bond donors (Lipinski definition) is 0. The molecule has 0 radical (unpaired) electrons. The van der Waals surface area contributed by atoms with Crippen LogP contribution in [0.1, 0.15) is 0 Å². The fourth-order valence-corrected chi connectivity index (χ4v) is 11.0. The van der Waals surface area contributed by atoms with Gasteiger partial charge in [-0.25, -0.2) is 0 Å². The summed E-state index contributed by atoms with van der Waals surface area (Å²) in [6.07, 6.45) is 0. The normalized spacial score (nSPS) is 12.8. The van der Waals surface area contributed by atoms with Crippen molar-refractivity contribution >= 4 is 98.9 Å². The Morgan fingerprint density at radius 2 is 1.22 bits per heavy atom. The molecule has 0 spiro atoms. The molecule has 0 N–H and O–H groups in total. The SMILES string of the molecule is c1ccc(N(c2ccc3c(c2)sc2ccccc23)c2ccc3c4c2Oc2ccc5cccc(c5c2S4)-c2c(ccc4ccccc24)N3c2ccccc2)cc1. The molecule has 3 nitrogen and oxygen atoms in total. The van der Waals surface area contributed by atoms with Gasteiger partial charge < -0.3 is 14.5 Å². The second-order valence-corrected chi connectivity index (χ2v) is 16.2. The minimum Gasteiger partial charge on any atom is -0.453 e. The molecule has 0 aliphatic carbocycles. The first kappa shape index (κ1) is 30.9. The molecule has 0 amide bonds. The van der Waals surface area contributed by atoms with Crippen molar-refractivity contribution in [2.24, 2.45) is 0 Å². The molecule has 5 heteroatoms. The van der Waals surface area contributed by atoms with Gasteiger partial charge in [0.2, 0.25) is 0 Å². The third-order valence-corrected chi connectivity index (χ3v) is 13.3. The summed E-state index contributed by atoms with van der Waals surface area (Å²) in [5, 5.41) is 7.43. The lowest BCUT2D eigenvalue weighted by Gasteiger charge is -2.34. The van der Waals surface area contributed by atoms with Crippen LogP contribution in [-0.4, -0.2) is 0 Å². The van der Waals surface area contributed by atoms with Crippen molar-refractivity contribution in [3.63, 3.8) is 0 Å². The van der Waals surface area contributed by atoms with E-state index in [-0.39, 0.29) is 0 Å². The summed E-state index contributed by atoms with van der Waals surface area (Å²) in [6.45, 7) is 0. The van der Waals surface area contributed by atoms with Gasteiger partial charge in [-0.05, 0) is 88.5 Å². The van der Waals surface area contributed by atoms with Gasteiger partial charge in [-0.2, -0.15) is 0 Å². The molecule has 9 aromatic carbocycles. The Morgan fingerprint density at radius 3 is 2.11 bits per heavy atom. The largest absolute Gasteiger partial charge is 0.453 e. The average Bonchev–Trinajstić information content (AvgIpc) is 3.63. The van der Waals surface area contributed by atoms with Gasteiger partial charge in [-0.1, -0.05) is 127 Å². The van der Waals surface area contributed by atoms with Crippen LogP contribution in [0.4, 0.5) is 34.1 Å². The van der Waals surface area contributed by atoms with Crippen molar-refractivity contribution in [3.8, 4) is 22.6 Å². The third-order valence-electron chi connectivity index (χ3n) is 11.0. The van der Waals surface area contributed by atoms with Crippen LogP contribution in [0.5, 0.6) is 11.5 Å². The molecule has 0 atom stereocenters. The Hall–Kier alpha value is -6.53. The van der Waals surface area contributed by atoms with E-state index < -0.39 is 0 Å². The highest BCUT2D eigenvalue weighted by atomic mass is 32.2. The van der Waals surface area contributed by atoms with Gasteiger partial charge >= 0.3 is 0 Å². The first-order valence-electron chi connectivity index (χ1n) is 18.5. The lowest BCUT2D eigenvalue weighted by molar-refractivity contribution is 0.458. The number of nitrogens with zero attached hydrogens (tertiary/aromatic N) is 2. The Labute approximate surface area is 326 Å². The van der Waals surface area contributed by atoms with Crippen LogP contribution in [0.3, 0.4) is 0 Å². The van der Waals surface area contributed by atoms with Crippen molar-refractivity contribution in [3.05, 3.63) is 182 Å². The van der Waals surface area contributed by atoms with Crippen LogP contribution in [0.25, 0.3) is 52.8 Å². The zero-order chi connectivity index (χ0) is 36.0. The molecule has 0 saturated heterocycles. The quantitative estimate of drug-likeness (QED) is 0.179. The number of benzene rings is 9. The van der Waals surface area contributed by atoms with E-state index in [0.29, 0.717) is 0 Å². The molecule has 2 bridgehead atoms. The molecule has 10 aromatic rings. The zero-order valence-corrected chi connectivity index (χ0v) is 31.1. The van der Waals surface area contributed by atoms with Gasteiger partial charge in [0.05, 0.1) is 26.9 Å². The van der Waals surface area contributed by atoms with Crippen LogP contribution in [-0.2, 0) is 0 Å². The van der Waals surface area contributed by atoms with Gasteiger partial charge in [0.25, 0.3) is 0 Å². The van der Waals surface area contributed by atoms with E-state index in [1.165, 1.54) is 52.8 Å². The molecule has 0 fully saturated rings. The predicted molar refractivity (Wildman–Crippen MR) is 233 cm³/mol. The van der Waals surface area contributed by atoms with Crippen LogP contribution < -0.4 is 14.5 Å². The van der Waals surface area contributed by atoms with E-state index in [4.69, 9.17) is 4.74 Å². The number of fused-ring (bicyclic) bond motifs is 7. The van der Waals surface area contributed by atoms with Crippen LogP contribution in [0, 0.1) is 0 Å². The predicted octanol–water partition coefficient (Wildman–Crippen LogP) is 15.5. The maximum absolute atomic E-state index is 7.29. The van der Waals surface area contributed by atoms with Crippen molar-refractivity contribution in [1.82, 2.24) is 0 Å². The van der Waals surface area contributed by atoms with E-state index in [1.807, 2.05) is 23.1 Å². The molecule has 2 aliphatic heterocycles. The monoisotopic (exact) mass is 738 g/mol. The number of anilines is 6. The average molecular weight is 739 g/mol. The summed E-state index contributed by atoms with van der Waals surface area (Å²) in [6, 6.07) is 65.9. The highest BCUT2D eigenvalue weighted by Crippen LogP contribution is 2.62. The first-order chi connectivity index (χ1) is 27.3. The van der Waals surface area contributed by atoms with E-state index >= 15 is 0 Å². The molecular weight excluding hydrogens is 709 g/mol. The topological polar surface area (TPSA) is 15.7 Å². The van der Waals surface area contributed by atoms with Crippen molar-refractivity contribution < 1.29 is 4.74 Å². The van der Waals surface area contributed by atoms with Crippen molar-refractivity contribution in [2.45, 2.75) is 9.79 Å². The Balaban J connectivity index is 1.18. The molecule has 0 saturated carbocycles. The second-order valence-electron chi connectivity index (χ2n) is 14.1. The highest BCUT2D eigenvalue weighted by molar-refractivity contribution is 8.00.